The average Bonchev–Trinajstić information content (AvgIpc) is 2.55. The Balaban J connectivity index is 2.08. The molecule has 4 rings (SSSR count). The highest BCUT2D eigenvalue weighted by Gasteiger charge is 2.19. The predicted octanol–water partition coefficient (Wildman–Crippen LogP) is 2.39. The Morgan fingerprint density at radius 1 is 0.615 bits per heavy atom. The molecule has 0 atom stereocenters. The summed E-state index contributed by atoms with van der Waals surface area (Å²) in [6.07, 6.45) is 2.00. The van der Waals surface area contributed by atoms with E-state index in [4.69, 9.17) is 8.83 Å². The van der Waals surface area contributed by atoms with Gasteiger partial charge >= 0.3 is 0 Å². The molecule has 2 heterocycles. The van der Waals surface area contributed by atoms with Gasteiger partial charge in [-0.1, -0.05) is 0 Å². The zero-order valence-corrected chi connectivity index (χ0v) is 12.9. The van der Waals surface area contributed by atoms with E-state index in [2.05, 4.69) is 0 Å². The Morgan fingerprint density at radius 3 is 1.38 bits per heavy atom. The Bertz CT molecular complexity index is 1210. The first-order chi connectivity index (χ1) is 12.4. The van der Waals surface area contributed by atoms with Gasteiger partial charge in [-0.25, -0.2) is 0 Å². The molecule has 130 valence electrons. The zero-order chi connectivity index (χ0) is 18.6. The third-order valence-electron chi connectivity index (χ3n) is 3.97. The van der Waals surface area contributed by atoms with Crippen LogP contribution in [0.2, 0.25) is 0 Å². The molecule has 0 bridgehead atoms. The van der Waals surface area contributed by atoms with Crippen molar-refractivity contribution in [2.45, 2.75) is 0 Å². The summed E-state index contributed by atoms with van der Waals surface area (Å²) in [6.45, 7) is 0. The number of aromatic hydroxyl groups is 4. The van der Waals surface area contributed by atoms with Crippen LogP contribution in [0, 0.1) is 0 Å². The van der Waals surface area contributed by atoms with Crippen LogP contribution in [-0.2, 0) is 0 Å². The minimum Gasteiger partial charge on any atom is -0.508 e. The Labute approximate surface area is 143 Å². The fourth-order valence-corrected chi connectivity index (χ4v) is 2.81. The van der Waals surface area contributed by atoms with Crippen LogP contribution in [0.25, 0.3) is 33.1 Å². The van der Waals surface area contributed by atoms with Gasteiger partial charge < -0.3 is 29.3 Å². The monoisotopic (exact) mass is 354 g/mol. The molecule has 0 aliphatic carbocycles. The van der Waals surface area contributed by atoms with Crippen LogP contribution in [0.4, 0.5) is 0 Å². The quantitative estimate of drug-likeness (QED) is 0.408. The number of benzene rings is 2. The first-order valence-corrected chi connectivity index (χ1v) is 7.32. The van der Waals surface area contributed by atoms with Crippen molar-refractivity contribution in [1.82, 2.24) is 0 Å². The summed E-state index contributed by atoms with van der Waals surface area (Å²) in [4.78, 5) is 25.4. The lowest BCUT2D eigenvalue weighted by atomic mass is 10.0. The number of hydrogen-bond acceptors (Lipinski definition) is 8. The second-order valence-electron chi connectivity index (χ2n) is 5.63. The van der Waals surface area contributed by atoms with Gasteiger partial charge in [-0.3, -0.25) is 9.59 Å². The molecule has 4 N–H and O–H groups in total. The lowest BCUT2D eigenvalue weighted by Crippen LogP contribution is -2.12. The first kappa shape index (κ1) is 15.6. The predicted molar refractivity (Wildman–Crippen MR) is 90.6 cm³/mol. The van der Waals surface area contributed by atoms with Crippen molar-refractivity contribution in [2.24, 2.45) is 0 Å². The van der Waals surface area contributed by atoms with E-state index in [1.165, 1.54) is 0 Å². The molecule has 0 fully saturated rings. The number of fused-ring (bicyclic) bond motifs is 2. The molecule has 0 aliphatic heterocycles. The third-order valence-corrected chi connectivity index (χ3v) is 3.97. The van der Waals surface area contributed by atoms with Crippen molar-refractivity contribution in [2.75, 3.05) is 0 Å². The Morgan fingerprint density at radius 2 is 1.00 bits per heavy atom. The topological polar surface area (TPSA) is 141 Å². The van der Waals surface area contributed by atoms with Gasteiger partial charge in [0.2, 0.25) is 10.9 Å². The van der Waals surface area contributed by atoms with Crippen LogP contribution in [0.3, 0.4) is 0 Å². The number of phenols is 4. The van der Waals surface area contributed by atoms with Crippen molar-refractivity contribution in [3.63, 3.8) is 0 Å². The molecule has 4 aromatic rings. The normalized spacial score (nSPS) is 11.2. The van der Waals surface area contributed by atoms with Crippen molar-refractivity contribution in [3.8, 4) is 34.1 Å². The van der Waals surface area contributed by atoms with E-state index >= 15 is 0 Å². The van der Waals surface area contributed by atoms with Crippen molar-refractivity contribution < 1.29 is 29.3 Å². The third kappa shape index (κ3) is 2.16. The lowest BCUT2D eigenvalue weighted by molar-refractivity contribution is 0.450. The molecule has 0 aliphatic rings. The SMILES string of the molecule is O=c1c(-c2coc3cc(O)cc(O)c3c2=O)coc2cc(O)cc(O)c12. The maximum absolute atomic E-state index is 12.7. The maximum atomic E-state index is 12.7. The molecule has 8 nitrogen and oxygen atoms in total. The van der Waals surface area contributed by atoms with Gasteiger partial charge in [-0.05, 0) is 0 Å². The Kier molecular flexibility index (Phi) is 3.16. The number of rotatable bonds is 1. The van der Waals surface area contributed by atoms with Crippen LogP contribution in [0.15, 0.2) is 55.2 Å². The molecular formula is C18H10O8. The van der Waals surface area contributed by atoms with E-state index in [-0.39, 0.29) is 44.6 Å². The summed E-state index contributed by atoms with van der Waals surface area (Å²) < 4.78 is 10.5. The molecule has 2 aromatic heterocycles. The van der Waals surface area contributed by atoms with E-state index in [0.717, 1.165) is 36.8 Å². The lowest BCUT2D eigenvalue weighted by Gasteiger charge is -2.06. The largest absolute Gasteiger partial charge is 0.508 e. The van der Waals surface area contributed by atoms with Crippen molar-refractivity contribution >= 4 is 21.9 Å². The zero-order valence-electron chi connectivity index (χ0n) is 12.9. The van der Waals surface area contributed by atoms with Crippen LogP contribution in [-0.4, -0.2) is 20.4 Å². The highest BCUT2D eigenvalue weighted by molar-refractivity contribution is 5.91. The van der Waals surface area contributed by atoms with E-state index in [1.807, 2.05) is 0 Å². The van der Waals surface area contributed by atoms with E-state index in [1.54, 1.807) is 0 Å². The smallest absolute Gasteiger partial charge is 0.204 e. The molecule has 0 radical (unpaired) electrons. The maximum Gasteiger partial charge on any atom is 0.204 e. The summed E-state index contributed by atoms with van der Waals surface area (Å²) in [5, 5.41) is 38.4. The average molecular weight is 354 g/mol. The van der Waals surface area contributed by atoms with Gasteiger partial charge in [-0.15, -0.1) is 0 Å². The van der Waals surface area contributed by atoms with Crippen LogP contribution >= 0.6 is 0 Å². The summed E-state index contributed by atoms with van der Waals surface area (Å²) in [7, 11) is 0. The number of hydrogen-bond donors (Lipinski definition) is 4. The van der Waals surface area contributed by atoms with Crippen LogP contribution in [0.5, 0.6) is 23.0 Å². The van der Waals surface area contributed by atoms with Gasteiger partial charge in [0, 0.05) is 24.3 Å². The summed E-state index contributed by atoms with van der Waals surface area (Å²) in [5.41, 5.74) is -1.94. The van der Waals surface area contributed by atoms with Crippen molar-refractivity contribution in [3.05, 3.63) is 57.2 Å². The first-order valence-electron chi connectivity index (χ1n) is 7.32. The van der Waals surface area contributed by atoms with Gasteiger partial charge in [0.25, 0.3) is 0 Å². The van der Waals surface area contributed by atoms with Gasteiger partial charge in [0.05, 0.1) is 11.1 Å². The van der Waals surface area contributed by atoms with Gasteiger partial charge in [0.15, 0.2) is 0 Å². The molecule has 0 unspecified atom stereocenters. The van der Waals surface area contributed by atoms with Gasteiger partial charge in [0.1, 0.15) is 57.5 Å². The highest BCUT2D eigenvalue weighted by Crippen LogP contribution is 2.31. The molecule has 2 aromatic carbocycles. The van der Waals surface area contributed by atoms with Crippen LogP contribution in [0.1, 0.15) is 0 Å². The fraction of sp³-hybridized carbons (Fsp3) is 0. The number of phenolic OH excluding ortho intramolecular Hbond substituents is 4. The van der Waals surface area contributed by atoms with E-state index in [9.17, 15) is 30.0 Å². The summed E-state index contributed by atoms with van der Waals surface area (Å²) >= 11 is 0. The molecule has 26 heavy (non-hydrogen) atoms. The summed E-state index contributed by atoms with van der Waals surface area (Å²) in [5.74, 6) is -1.59. The van der Waals surface area contributed by atoms with E-state index < -0.39 is 22.4 Å². The Hall–Kier alpha value is -3.94. The van der Waals surface area contributed by atoms with E-state index in [0.29, 0.717) is 0 Å². The standard InChI is InChI=1S/C18H10O8/c19-7-1-11(21)15-13(3-7)25-5-9(17(15)23)10-6-26-14-4-8(20)2-12(22)16(14)18(10)24/h1-6,19-22H. The molecule has 8 heteroatoms. The van der Waals surface area contributed by atoms with Gasteiger partial charge in [-0.2, -0.15) is 0 Å². The van der Waals surface area contributed by atoms with Crippen LogP contribution < -0.4 is 10.9 Å². The highest BCUT2D eigenvalue weighted by atomic mass is 16.3. The molecule has 0 saturated heterocycles. The minimum absolute atomic E-state index is 0.0609. The van der Waals surface area contributed by atoms with Crippen molar-refractivity contribution in [1.29, 1.82) is 0 Å². The summed E-state index contributed by atoms with van der Waals surface area (Å²) in [6, 6.07) is 4.25. The fourth-order valence-electron chi connectivity index (χ4n) is 2.81. The molecular weight excluding hydrogens is 344 g/mol. The minimum atomic E-state index is -0.714. The molecule has 0 amide bonds. The second kappa shape index (κ2) is 5.28. The molecule has 0 spiro atoms. The second-order valence-corrected chi connectivity index (χ2v) is 5.63. The molecule has 0 saturated carbocycles.